The number of hydrogen-bond acceptors (Lipinski definition) is 3. The summed E-state index contributed by atoms with van der Waals surface area (Å²) in [6.45, 7) is 2.22. The molecule has 1 amide bonds. The lowest BCUT2D eigenvalue weighted by Crippen LogP contribution is -2.22. The van der Waals surface area contributed by atoms with Crippen LogP contribution >= 0.6 is 0 Å². The van der Waals surface area contributed by atoms with Crippen molar-refractivity contribution in [2.24, 2.45) is 22.4 Å². The highest BCUT2D eigenvalue weighted by Crippen LogP contribution is 2.66. The van der Waals surface area contributed by atoms with E-state index in [1.807, 2.05) is 6.07 Å². The number of para-hydroxylation sites is 1. The topological polar surface area (TPSA) is 61.7 Å². The largest absolute Gasteiger partial charge is 0.507 e. The molecule has 0 spiro atoms. The quantitative estimate of drug-likeness (QED) is 0.656. The summed E-state index contributed by atoms with van der Waals surface area (Å²) in [4.78, 5) is 12.2. The van der Waals surface area contributed by atoms with Crippen molar-refractivity contribution in [2.45, 2.75) is 32.6 Å². The highest BCUT2D eigenvalue weighted by atomic mass is 16.3. The number of carbonyl (C=O) groups is 1. The van der Waals surface area contributed by atoms with Crippen molar-refractivity contribution in [1.82, 2.24) is 5.43 Å². The number of hydrazone groups is 1. The van der Waals surface area contributed by atoms with Gasteiger partial charge in [-0.05, 0) is 36.3 Å². The van der Waals surface area contributed by atoms with E-state index in [4.69, 9.17) is 0 Å². The van der Waals surface area contributed by atoms with Gasteiger partial charge in [-0.1, -0.05) is 31.9 Å². The van der Waals surface area contributed by atoms with Crippen LogP contribution in [0.5, 0.6) is 5.75 Å². The Morgan fingerprint density at radius 1 is 1.45 bits per heavy atom. The summed E-state index contributed by atoms with van der Waals surface area (Å²) in [5, 5.41) is 13.6. The number of carbonyl (C=O) groups excluding carboxylic acids is 1. The Hall–Kier alpha value is -1.84. The molecular formula is C16H20N2O2. The normalized spacial score (nSPS) is 31.9. The minimum Gasteiger partial charge on any atom is -0.507 e. The summed E-state index contributed by atoms with van der Waals surface area (Å²) >= 11 is 0. The first-order valence-electron chi connectivity index (χ1n) is 7.24. The second-order valence-corrected chi connectivity index (χ2v) is 6.13. The van der Waals surface area contributed by atoms with Crippen LogP contribution < -0.4 is 5.43 Å². The maximum atomic E-state index is 12.2. The zero-order valence-corrected chi connectivity index (χ0v) is 11.7. The maximum absolute atomic E-state index is 12.2. The Morgan fingerprint density at radius 2 is 2.25 bits per heavy atom. The van der Waals surface area contributed by atoms with Crippen molar-refractivity contribution in [2.75, 3.05) is 0 Å². The second kappa shape index (κ2) is 4.93. The van der Waals surface area contributed by atoms with Gasteiger partial charge in [0, 0.05) is 11.5 Å². The molecule has 20 heavy (non-hydrogen) atoms. The molecule has 4 nitrogen and oxygen atoms in total. The highest BCUT2D eigenvalue weighted by molar-refractivity contribution is 5.87. The predicted molar refractivity (Wildman–Crippen MR) is 77.4 cm³/mol. The van der Waals surface area contributed by atoms with Crippen LogP contribution in [0, 0.1) is 17.3 Å². The van der Waals surface area contributed by atoms with Gasteiger partial charge in [-0.3, -0.25) is 4.79 Å². The van der Waals surface area contributed by atoms with Gasteiger partial charge in [-0.25, -0.2) is 5.43 Å². The van der Waals surface area contributed by atoms with Crippen molar-refractivity contribution in [3.05, 3.63) is 29.8 Å². The molecule has 1 aromatic carbocycles. The zero-order valence-electron chi connectivity index (χ0n) is 11.7. The fraction of sp³-hybridized carbons (Fsp3) is 0.500. The molecule has 2 aliphatic carbocycles. The number of nitrogens with zero attached hydrogens (tertiary/aromatic N) is 1. The zero-order chi connectivity index (χ0) is 14.2. The lowest BCUT2D eigenvalue weighted by Gasteiger charge is -2.15. The molecule has 0 bridgehead atoms. The number of phenolic OH excluding ortho intramolecular Hbond substituents is 1. The van der Waals surface area contributed by atoms with Gasteiger partial charge in [0.25, 0.3) is 0 Å². The van der Waals surface area contributed by atoms with E-state index in [1.165, 1.54) is 19.1 Å². The van der Waals surface area contributed by atoms with E-state index in [0.29, 0.717) is 11.5 Å². The fourth-order valence-corrected chi connectivity index (χ4v) is 3.68. The summed E-state index contributed by atoms with van der Waals surface area (Å²) in [5.74, 6) is 0.840. The fourth-order valence-electron chi connectivity index (χ4n) is 3.68. The molecule has 106 valence electrons. The van der Waals surface area contributed by atoms with Crippen LogP contribution in [0.3, 0.4) is 0 Å². The third-order valence-corrected chi connectivity index (χ3v) is 4.93. The molecule has 0 aliphatic heterocycles. The van der Waals surface area contributed by atoms with Crippen LogP contribution in [-0.2, 0) is 4.79 Å². The Bertz CT molecular complexity index is 555. The summed E-state index contributed by atoms with van der Waals surface area (Å²) in [6.07, 6.45) is 6.28. The van der Waals surface area contributed by atoms with Gasteiger partial charge in [0.2, 0.25) is 5.91 Å². The molecule has 3 unspecified atom stereocenters. The van der Waals surface area contributed by atoms with Crippen molar-refractivity contribution in [1.29, 1.82) is 0 Å². The van der Waals surface area contributed by atoms with E-state index in [1.54, 1.807) is 18.2 Å². The third-order valence-electron chi connectivity index (χ3n) is 4.93. The molecule has 0 radical (unpaired) electrons. The molecule has 3 atom stereocenters. The number of nitrogens with one attached hydrogen (secondary N) is 1. The van der Waals surface area contributed by atoms with Crippen LogP contribution in [0.15, 0.2) is 29.4 Å². The lowest BCUT2D eigenvalue weighted by molar-refractivity contribution is -0.123. The first-order valence-corrected chi connectivity index (χ1v) is 7.24. The van der Waals surface area contributed by atoms with Gasteiger partial charge >= 0.3 is 0 Å². The molecule has 2 saturated carbocycles. The van der Waals surface area contributed by atoms with E-state index in [9.17, 15) is 9.90 Å². The Morgan fingerprint density at radius 3 is 2.95 bits per heavy atom. The Kier molecular flexibility index (Phi) is 3.24. The molecular weight excluding hydrogens is 252 g/mol. The molecule has 0 aromatic heterocycles. The summed E-state index contributed by atoms with van der Waals surface area (Å²) in [7, 11) is 0. The van der Waals surface area contributed by atoms with Gasteiger partial charge < -0.3 is 5.11 Å². The summed E-state index contributed by atoms with van der Waals surface area (Å²) in [6, 6.07) is 6.92. The summed E-state index contributed by atoms with van der Waals surface area (Å²) < 4.78 is 0. The van der Waals surface area contributed by atoms with Crippen molar-refractivity contribution >= 4 is 12.1 Å². The van der Waals surface area contributed by atoms with Gasteiger partial charge in [-0.2, -0.15) is 5.10 Å². The smallest absolute Gasteiger partial charge is 0.244 e. The molecule has 2 N–H and O–H groups in total. The highest BCUT2D eigenvalue weighted by Gasteiger charge is 2.64. The summed E-state index contributed by atoms with van der Waals surface area (Å²) in [5.41, 5.74) is 3.43. The van der Waals surface area contributed by atoms with Crippen molar-refractivity contribution in [3.8, 4) is 5.75 Å². The van der Waals surface area contributed by atoms with Crippen LogP contribution in [-0.4, -0.2) is 17.2 Å². The van der Waals surface area contributed by atoms with E-state index >= 15 is 0 Å². The SMILES string of the molecule is CC12CCCCC1C2C(=O)N/N=C/c1ccccc1O. The van der Waals surface area contributed by atoms with Crippen LogP contribution in [0.2, 0.25) is 0 Å². The number of aromatic hydroxyl groups is 1. The maximum Gasteiger partial charge on any atom is 0.244 e. The van der Waals surface area contributed by atoms with Crippen molar-refractivity contribution < 1.29 is 9.90 Å². The molecule has 3 rings (SSSR count). The van der Waals surface area contributed by atoms with E-state index in [-0.39, 0.29) is 23.0 Å². The van der Waals surface area contributed by atoms with Gasteiger partial charge in [0.1, 0.15) is 5.75 Å². The number of phenols is 1. The molecule has 0 heterocycles. The van der Waals surface area contributed by atoms with Crippen molar-refractivity contribution in [3.63, 3.8) is 0 Å². The van der Waals surface area contributed by atoms with Crippen LogP contribution in [0.1, 0.15) is 38.2 Å². The minimum atomic E-state index is 0.0195. The average molecular weight is 272 g/mol. The van der Waals surface area contributed by atoms with E-state index in [2.05, 4.69) is 17.5 Å². The molecule has 1 aromatic rings. The molecule has 2 fully saturated rings. The van der Waals surface area contributed by atoms with Gasteiger partial charge in [0.05, 0.1) is 6.21 Å². The van der Waals surface area contributed by atoms with Crippen LogP contribution in [0.4, 0.5) is 0 Å². The lowest BCUT2D eigenvalue weighted by atomic mass is 9.90. The number of fused-ring (bicyclic) bond motifs is 1. The number of hydrogen-bond donors (Lipinski definition) is 2. The number of amides is 1. The Balaban J connectivity index is 1.60. The first kappa shape index (κ1) is 13.2. The van der Waals surface area contributed by atoms with Gasteiger partial charge in [0.15, 0.2) is 0 Å². The Labute approximate surface area is 118 Å². The third kappa shape index (κ3) is 2.19. The number of benzene rings is 1. The standard InChI is InChI=1S/C16H20N2O2/c1-16-9-5-4-7-12(16)14(16)15(20)18-17-10-11-6-2-3-8-13(11)19/h2-3,6,8,10,12,14,19H,4-5,7,9H2,1H3,(H,18,20)/b17-10+. The van der Waals surface area contributed by atoms with E-state index in [0.717, 1.165) is 12.8 Å². The first-order chi connectivity index (χ1) is 9.63. The minimum absolute atomic E-state index is 0.0195. The monoisotopic (exact) mass is 272 g/mol. The molecule has 4 heteroatoms. The van der Waals surface area contributed by atoms with Gasteiger partial charge in [-0.15, -0.1) is 0 Å². The average Bonchev–Trinajstić information content (AvgIpc) is 3.06. The number of rotatable bonds is 3. The molecule has 2 aliphatic rings. The molecule has 0 saturated heterocycles. The van der Waals surface area contributed by atoms with E-state index < -0.39 is 0 Å². The predicted octanol–water partition coefficient (Wildman–Crippen LogP) is 2.67. The van der Waals surface area contributed by atoms with Crippen LogP contribution in [0.25, 0.3) is 0 Å². The second-order valence-electron chi connectivity index (χ2n) is 6.13.